The molecule has 0 radical (unpaired) electrons. The molecule has 10 heteroatoms. The van der Waals surface area contributed by atoms with Crippen molar-refractivity contribution in [2.24, 2.45) is 0 Å². The van der Waals surface area contributed by atoms with Crippen LogP contribution in [0.4, 0.5) is 5.69 Å². The lowest BCUT2D eigenvalue weighted by Crippen LogP contribution is -2.60. The summed E-state index contributed by atoms with van der Waals surface area (Å²) in [4.78, 5) is 30.6. The lowest BCUT2D eigenvalue weighted by atomic mass is 9.81. The molecule has 2 amide bonds. The molecule has 33 heavy (non-hydrogen) atoms. The minimum Gasteiger partial charge on any atom is -0.369 e. The highest BCUT2D eigenvalue weighted by molar-refractivity contribution is 7.90. The molecule has 180 valence electrons. The van der Waals surface area contributed by atoms with Gasteiger partial charge >= 0.3 is 0 Å². The van der Waals surface area contributed by atoms with Gasteiger partial charge in [0.15, 0.2) is 5.75 Å². The molecule has 0 atom stereocenters. The Morgan fingerprint density at radius 2 is 1.67 bits per heavy atom. The van der Waals surface area contributed by atoms with Crippen LogP contribution in [-0.4, -0.2) is 68.6 Å². The summed E-state index contributed by atoms with van der Waals surface area (Å²) >= 11 is 0. The van der Waals surface area contributed by atoms with Crippen LogP contribution in [0.25, 0.3) is 0 Å². The van der Waals surface area contributed by atoms with Crippen molar-refractivity contribution in [3.05, 3.63) is 29.8 Å². The van der Waals surface area contributed by atoms with Gasteiger partial charge in [0.05, 0.1) is 6.07 Å². The Bertz CT molecular complexity index is 987. The molecule has 1 aliphatic heterocycles. The molecule has 1 saturated heterocycles. The fourth-order valence-corrected chi connectivity index (χ4v) is 5.25. The summed E-state index contributed by atoms with van der Waals surface area (Å²) in [6, 6.07) is 9.35. The molecule has 1 aromatic carbocycles. The maximum atomic E-state index is 13.0. The molecule has 9 nitrogen and oxygen atoms in total. The summed E-state index contributed by atoms with van der Waals surface area (Å²) < 4.78 is 25.9. The number of nitriles is 1. The Morgan fingerprint density at radius 3 is 2.21 bits per heavy atom. The van der Waals surface area contributed by atoms with Gasteiger partial charge in [0.2, 0.25) is 10.0 Å². The number of anilines is 1. The van der Waals surface area contributed by atoms with Crippen LogP contribution in [0.2, 0.25) is 0 Å². The van der Waals surface area contributed by atoms with Gasteiger partial charge in [-0.15, -0.1) is 0 Å². The highest BCUT2D eigenvalue weighted by Crippen LogP contribution is 2.29. The number of amides is 2. The first-order valence-corrected chi connectivity index (χ1v) is 13.1. The molecular formula is C23H33N5O4S. The summed E-state index contributed by atoms with van der Waals surface area (Å²) in [7, 11) is -4.07. The van der Waals surface area contributed by atoms with Crippen molar-refractivity contribution in [1.82, 2.24) is 14.9 Å². The number of benzene rings is 1. The fourth-order valence-electron chi connectivity index (χ4n) is 4.53. The van der Waals surface area contributed by atoms with Crippen molar-refractivity contribution >= 4 is 27.5 Å². The van der Waals surface area contributed by atoms with Crippen LogP contribution in [0, 0.1) is 11.3 Å². The van der Waals surface area contributed by atoms with Gasteiger partial charge in [-0.2, -0.15) is 5.26 Å². The van der Waals surface area contributed by atoms with E-state index in [1.807, 2.05) is 16.9 Å². The van der Waals surface area contributed by atoms with Crippen LogP contribution in [0.15, 0.2) is 24.3 Å². The number of nitrogens with one attached hydrogen (secondary N) is 2. The van der Waals surface area contributed by atoms with E-state index in [0.29, 0.717) is 37.3 Å². The third kappa shape index (κ3) is 6.24. The summed E-state index contributed by atoms with van der Waals surface area (Å²) in [6.07, 6.45) is 3.02. The van der Waals surface area contributed by atoms with Crippen molar-refractivity contribution in [3.8, 4) is 6.07 Å². The first-order valence-electron chi connectivity index (χ1n) is 11.5. The highest BCUT2D eigenvalue weighted by Gasteiger charge is 2.42. The van der Waals surface area contributed by atoms with Crippen LogP contribution in [0.5, 0.6) is 0 Å². The summed E-state index contributed by atoms with van der Waals surface area (Å²) in [5, 5.41) is 11.5. The van der Waals surface area contributed by atoms with Crippen LogP contribution < -0.4 is 14.9 Å². The zero-order chi connectivity index (χ0) is 24.1. The molecule has 0 spiro atoms. The van der Waals surface area contributed by atoms with Crippen molar-refractivity contribution in [1.29, 1.82) is 5.26 Å². The van der Waals surface area contributed by atoms with Gasteiger partial charge in [0.25, 0.3) is 11.8 Å². The second-order valence-electron chi connectivity index (χ2n) is 9.11. The molecular weight excluding hydrogens is 442 g/mol. The van der Waals surface area contributed by atoms with Crippen LogP contribution >= 0.6 is 0 Å². The van der Waals surface area contributed by atoms with E-state index in [-0.39, 0.29) is 0 Å². The molecule has 1 aromatic rings. The topological polar surface area (TPSA) is 123 Å². The van der Waals surface area contributed by atoms with Crippen molar-refractivity contribution in [2.75, 3.05) is 36.8 Å². The largest absolute Gasteiger partial charge is 0.369 e. The van der Waals surface area contributed by atoms with Gasteiger partial charge < -0.3 is 10.2 Å². The number of hydrogen-bond acceptors (Lipinski definition) is 7. The first kappa shape index (κ1) is 25.0. The van der Waals surface area contributed by atoms with Gasteiger partial charge in [0, 0.05) is 43.5 Å². The summed E-state index contributed by atoms with van der Waals surface area (Å²) in [5.74, 6) is -2.00. The molecule has 2 aliphatic rings. The number of rotatable bonds is 7. The van der Waals surface area contributed by atoms with E-state index in [0.717, 1.165) is 38.3 Å². The zero-order valence-electron chi connectivity index (χ0n) is 19.3. The van der Waals surface area contributed by atoms with Gasteiger partial charge in [-0.1, -0.05) is 19.3 Å². The molecule has 1 heterocycles. The van der Waals surface area contributed by atoms with E-state index in [1.54, 1.807) is 12.1 Å². The lowest BCUT2D eigenvalue weighted by molar-refractivity contribution is -0.126. The number of carbonyl (C=O) groups is 2. The second-order valence-corrected chi connectivity index (χ2v) is 10.8. The Morgan fingerprint density at radius 1 is 1.06 bits per heavy atom. The zero-order valence-corrected chi connectivity index (χ0v) is 20.2. The highest BCUT2D eigenvalue weighted by atomic mass is 32.2. The fraction of sp³-hybridized carbons (Fsp3) is 0.609. The average Bonchev–Trinajstić information content (AvgIpc) is 2.79. The summed E-state index contributed by atoms with van der Waals surface area (Å²) in [5.41, 5.74) is 0.156. The minimum absolute atomic E-state index is 0.352. The number of carbonyl (C=O) groups excluding carboxylic acids is 2. The average molecular weight is 476 g/mol. The number of piperazine rings is 1. The SMILES string of the molecule is CC(C)N1CCN(c2ccc(C(=O)NC3(C(=O)NS(=O)(=O)CC#N)CCCCC3)cc2)CC1. The molecule has 0 unspecified atom stereocenters. The molecule has 3 rings (SSSR count). The predicted molar refractivity (Wildman–Crippen MR) is 126 cm³/mol. The van der Waals surface area contributed by atoms with Crippen LogP contribution in [0.3, 0.4) is 0 Å². The minimum atomic E-state index is -4.07. The van der Waals surface area contributed by atoms with E-state index in [9.17, 15) is 18.0 Å². The normalized spacial score (nSPS) is 19.0. The standard InChI is InChI=1S/C23H33N5O4S/c1-18(2)27-13-15-28(16-14-27)20-8-6-19(7-9-20)21(29)25-23(10-4-3-5-11-23)22(30)26-33(31,32)17-12-24/h6-9,18H,3-5,10-11,13-17H2,1-2H3,(H,25,29)(H,26,30). The number of hydrogen-bond donors (Lipinski definition) is 2. The Balaban J connectivity index is 1.69. The quantitative estimate of drug-likeness (QED) is 0.614. The smallest absolute Gasteiger partial charge is 0.259 e. The van der Waals surface area contributed by atoms with E-state index in [4.69, 9.17) is 5.26 Å². The Hall–Kier alpha value is -2.64. The maximum Gasteiger partial charge on any atom is 0.259 e. The van der Waals surface area contributed by atoms with Gasteiger partial charge in [0.1, 0.15) is 5.54 Å². The van der Waals surface area contributed by atoms with E-state index >= 15 is 0 Å². The van der Waals surface area contributed by atoms with E-state index < -0.39 is 33.1 Å². The lowest BCUT2D eigenvalue weighted by Gasteiger charge is -2.38. The van der Waals surface area contributed by atoms with Crippen molar-refractivity contribution in [2.45, 2.75) is 57.5 Å². The van der Waals surface area contributed by atoms with Gasteiger partial charge in [-0.05, 0) is 51.0 Å². The Labute approximate surface area is 196 Å². The third-order valence-corrected chi connectivity index (χ3v) is 7.54. The molecule has 2 N–H and O–H groups in total. The molecule has 1 aliphatic carbocycles. The molecule has 2 fully saturated rings. The van der Waals surface area contributed by atoms with E-state index in [2.05, 4.69) is 29.0 Å². The molecule has 0 aromatic heterocycles. The van der Waals surface area contributed by atoms with Crippen molar-refractivity contribution in [3.63, 3.8) is 0 Å². The Kier molecular flexibility index (Phi) is 7.97. The first-order chi connectivity index (χ1) is 15.7. The van der Waals surface area contributed by atoms with E-state index in [1.165, 1.54) is 6.07 Å². The summed E-state index contributed by atoms with van der Waals surface area (Å²) in [6.45, 7) is 8.22. The third-order valence-electron chi connectivity index (χ3n) is 6.54. The van der Waals surface area contributed by atoms with Crippen LogP contribution in [-0.2, 0) is 14.8 Å². The molecule has 1 saturated carbocycles. The number of nitrogens with zero attached hydrogens (tertiary/aromatic N) is 3. The van der Waals surface area contributed by atoms with Crippen LogP contribution in [0.1, 0.15) is 56.3 Å². The molecule has 0 bridgehead atoms. The van der Waals surface area contributed by atoms with Gasteiger partial charge in [-0.3, -0.25) is 19.2 Å². The number of sulfonamides is 1. The predicted octanol–water partition coefficient (Wildman–Crippen LogP) is 1.62. The van der Waals surface area contributed by atoms with Gasteiger partial charge in [-0.25, -0.2) is 8.42 Å². The monoisotopic (exact) mass is 475 g/mol. The maximum absolute atomic E-state index is 13.0. The van der Waals surface area contributed by atoms with Crippen molar-refractivity contribution < 1.29 is 18.0 Å². The second kappa shape index (κ2) is 10.5.